The normalized spacial score (nSPS) is 20.3. The van der Waals surface area contributed by atoms with Crippen molar-refractivity contribution >= 4 is 5.78 Å². The Hall–Kier alpha value is -0.370. The molecule has 0 aromatic carbocycles. The zero-order valence-corrected chi connectivity index (χ0v) is 9.75. The molecular formula is C12H23NO. The van der Waals surface area contributed by atoms with Crippen LogP contribution in [0.3, 0.4) is 0 Å². The Morgan fingerprint density at radius 2 is 1.93 bits per heavy atom. The Labute approximate surface area is 87.7 Å². The number of carbonyl (C=O) groups excluding carboxylic acids is 1. The Balaban J connectivity index is 2.19. The van der Waals surface area contributed by atoms with Crippen LogP contribution in [0, 0.1) is 11.8 Å². The molecule has 0 spiro atoms. The van der Waals surface area contributed by atoms with E-state index in [2.05, 4.69) is 18.7 Å². The Morgan fingerprint density at radius 1 is 1.36 bits per heavy atom. The van der Waals surface area contributed by atoms with Gasteiger partial charge < -0.3 is 4.90 Å². The SMILES string of the molecule is CC(=O)C1CCN(CCC(C)C)CC1. The fraction of sp³-hybridized carbons (Fsp3) is 0.917. The topological polar surface area (TPSA) is 20.3 Å². The van der Waals surface area contributed by atoms with Crippen LogP contribution < -0.4 is 0 Å². The molecule has 0 radical (unpaired) electrons. The van der Waals surface area contributed by atoms with Crippen molar-refractivity contribution in [3.8, 4) is 0 Å². The lowest BCUT2D eigenvalue weighted by atomic mass is 9.93. The summed E-state index contributed by atoms with van der Waals surface area (Å²) in [5.41, 5.74) is 0. The van der Waals surface area contributed by atoms with Gasteiger partial charge in [-0.3, -0.25) is 4.79 Å². The highest BCUT2D eigenvalue weighted by molar-refractivity contribution is 5.78. The third-order valence-corrected chi connectivity index (χ3v) is 3.19. The molecule has 0 N–H and O–H groups in total. The number of hydrogen-bond acceptors (Lipinski definition) is 2. The zero-order chi connectivity index (χ0) is 10.6. The van der Waals surface area contributed by atoms with E-state index in [0.717, 1.165) is 31.8 Å². The summed E-state index contributed by atoms with van der Waals surface area (Å²) in [7, 11) is 0. The van der Waals surface area contributed by atoms with E-state index < -0.39 is 0 Å². The molecule has 2 heteroatoms. The van der Waals surface area contributed by atoms with E-state index in [4.69, 9.17) is 0 Å². The standard InChI is InChI=1S/C12H23NO/c1-10(2)4-7-13-8-5-12(6-9-13)11(3)14/h10,12H,4-9H2,1-3H3. The van der Waals surface area contributed by atoms with Gasteiger partial charge in [0, 0.05) is 5.92 Å². The summed E-state index contributed by atoms with van der Waals surface area (Å²) in [5, 5.41) is 0. The molecule has 0 unspecified atom stereocenters. The number of Topliss-reactive ketones (excluding diaryl/α,β-unsaturated/α-hetero) is 1. The first kappa shape index (κ1) is 11.7. The first-order valence-corrected chi connectivity index (χ1v) is 5.82. The lowest BCUT2D eigenvalue weighted by Gasteiger charge is -2.31. The van der Waals surface area contributed by atoms with Crippen LogP contribution in [0.5, 0.6) is 0 Å². The van der Waals surface area contributed by atoms with Crippen LogP contribution in [-0.2, 0) is 4.79 Å². The van der Waals surface area contributed by atoms with Gasteiger partial charge in [0.05, 0.1) is 0 Å². The second kappa shape index (κ2) is 5.50. The minimum atomic E-state index is 0.352. The van der Waals surface area contributed by atoms with E-state index in [1.807, 2.05) is 0 Å². The molecule has 1 aliphatic rings. The van der Waals surface area contributed by atoms with E-state index in [1.165, 1.54) is 13.0 Å². The average molecular weight is 197 g/mol. The predicted molar refractivity (Wildman–Crippen MR) is 59.3 cm³/mol. The van der Waals surface area contributed by atoms with E-state index in [0.29, 0.717) is 11.7 Å². The van der Waals surface area contributed by atoms with Crippen LogP contribution >= 0.6 is 0 Å². The van der Waals surface area contributed by atoms with Crippen LogP contribution in [0.4, 0.5) is 0 Å². The average Bonchev–Trinajstić information content (AvgIpc) is 2.15. The van der Waals surface area contributed by atoms with Gasteiger partial charge in [-0.05, 0) is 51.7 Å². The molecular weight excluding hydrogens is 174 g/mol. The van der Waals surface area contributed by atoms with E-state index in [9.17, 15) is 4.79 Å². The van der Waals surface area contributed by atoms with Crippen molar-refractivity contribution in [1.82, 2.24) is 4.90 Å². The van der Waals surface area contributed by atoms with E-state index >= 15 is 0 Å². The molecule has 0 amide bonds. The first-order chi connectivity index (χ1) is 6.59. The van der Waals surface area contributed by atoms with Crippen molar-refractivity contribution in [2.24, 2.45) is 11.8 Å². The van der Waals surface area contributed by atoms with Crippen molar-refractivity contribution in [2.45, 2.75) is 40.0 Å². The summed E-state index contributed by atoms with van der Waals surface area (Å²) in [6, 6.07) is 0. The van der Waals surface area contributed by atoms with Crippen molar-refractivity contribution in [2.75, 3.05) is 19.6 Å². The van der Waals surface area contributed by atoms with Gasteiger partial charge in [0.2, 0.25) is 0 Å². The van der Waals surface area contributed by atoms with Crippen LogP contribution in [0.2, 0.25) is 0 Å². The predicted octanol–water partition coefficient (Wildman–Crippen LogP) is 2.33. The third-order valence-electron chi connectivity index (χ3n) is 3.19. The monoisotopic (exact) mass is 197 g/mol. The van der Waals surface area contributed by atoms with Crippen LogP contribution in [0.25, 0.3) is 0 Å². The summed E-state index contributed by atoms with van der Waals surface area (Å²) in [5.74, 6) is 1.53. The zero-order valence-electron chi connectivity index (χ0n) is 9.75. The molecule has 1 fully saturated rings. The molecule has 2 nitrogen and oxygen atoms in total. The second-order valence-electron chi connectivity index (χ2n) is 4.91. The van der Waals surface area contributed by atoms with E-state index in [1.54, 1.807) is 6.92 Å². The number of hydrogen-bond donors (Lipinski definition) is 0. The lowest BCUT2D eigenvalue weighted by molar-refractivity contribution is -0.122. The van der Waals surface area contributed by atoms with Crippen molar-refractivity contribution < 1.29 is 4.79 Å². The number of carbonyl (C=O) groups is 1. The summed E-state index contributed by atoms with van der Waals surface area (Å²) in [4.78, 5) is 13.7. The first-order valence-electron chi connectivity index (χ1n) is 5.82. The van der Waals surface area contributed by atoms with Crippen LogP contribution in [0.1, 0.15) is 40.0 Å². The van der Waals surface area contributed by atoms with Crippen molar-refractivity contribution in [3.63, 3.8) is 0 Å². The molecule has 1 rings (SSSR count). The van der Waals surface area contributed by atoms with Crippen LogP contribution in [-0.4, -0.2) is 30.3 Å². The van der Waals surface area contributed by atoms with Gasteiger partial charge in [0.1, 0.15) is 5.78 Å². The van der Waals surface area contributed by atoms with Gasteiger partial charge in [0.15, 0.2) is 0 Å². The summed E-state index contributed by atoms with van der Waals surface area (Å²) in [6.07, 6.45) is 3.44. The molecule has 82 valence electrons. The number of piperidine rings is 1. The Morgan fingerprint density at radius 3 is 2.36 bits per heavy atom. The van der Waals surface area contributed by atoms with Gasteiger partial charge in [-0.25, -0.2) is 0 Å². The summed E-state index contributed by atoms with van der Waals surface area (Å²) in [6.45, 7) is 9.72. The molecule has 1 heterocycles. The second-order valence-corrected chi connectivity index (χ2v) is 4.91. The molecule has 14 heavy (non-hydrogen) atoms. The number of ketones is 1. The maximum Gasteiger partial charge on any atom is 0.133 e. The Bertz CT molecular complexity index is 181. The Kier molecular flexibility index (Phi) is 4.59. The molecule has 0 saturated carbocycles. The maximum atomic E-state index is 11.2. The number of nitrogens with zero attached hydrogens (tertiary/aromatic N) is 1. The largest absolute Gasteiger partial charge is 0.303 e. The molecule has 0 aromatic heterocycles. The minimum absolute atomic E-state index is 0.352. The van der Waals surface area contributed by atoms with E-state index in [-0.39, 0.29) is 0 Å². The fourth-order valence-corrected chi connectivity index (χ4v) is 2.00. The summed E-state index contributed by atoms with van der Waals surface area (Å²) < 4.78 is 0. The molecule has 0 aromatic rings. The van der Waals surface area contributed by atoms with Gasteiger partial charge >= 0.3 is 0 Å². The molecule has 1 aliphatic heterocycles. The molecule has 0 bridgehead atoms. The molecule has 0 atom stereocenters. The van der Waals surface area contributed by atoms with Gasteiger partial charge in [0.25, 0.3) is 0 Å². The van der Waals surface area contributed by atoms with Gasteiger partial charge in [-0.15, -0.1) is 0 Å². The van der Waals surface area contributed by atoms with Gasteiger partial charge in [-0.2, -0.15) is 0 Å². The minimum Gasteiger partial charge on any atom is -0.303 e. The highest BCUT2D eigenvalue weighted by Crippen LogP contribution is 2.18. The van der Waals surface area contributed by atoms with Crippen molar-refractivity contribution in [1.29, 1.82) is 0 Å². The third kappa shape index (κ3) is 3.79. The highest BCUT2D eigenvalue weighted by atomic mass is 16.1. The maximum absolute atomic E-state index is 11.2. The lowest BCUT2D eigenvalue weighted by Crippen LogP contribution is -2.36. The number of likely N-dealkylation sites (tertiary alicyclic amines) is 1. The smallest absolute Gasteiger partial charge is 0.133 e. The highest BCUT2D eigenvalue weighted by Gasteiger charge is 2.21. The quantitative estimate of drug-likeness (QED) is 0.689. The van der Waals surface area contributed by atoms with Crippen LogP contribution in [0.15, 0.2) is 0 Å². The fourth-order valence-electron chi connectivity index (χ4n) is 2.00. The summed E-state index contributed by atoms with van der Waals surface area (Å²) >= 11 is 0. The molecule has 1 saturated heterocycles. The van der Waals surface area contributed by atoms with Crippen molar-refractivity contribution in [3.05, 3.63) is 0 Å². The molecule has 0 aliphatic carbocycles. The van der Waals surface area contributed by atoms with Gasteiger partial charge in [-0.1, -0.05) is 13.8 Å². The number of rotatable bonds is 4.